The van der Waals surface area contributed by atoms with Gasteiger partial charge in [0.15, 0.2) is 0 Å². The smallest absolute Gasteiger partial charge is 0.261 e. The van der Waals surface area contributed by atoms with E-state index in [0.29, 0.717) is 23.7 Å². The highest BCUT2D eigenvalue weighted by Crippen LogP contribution is 2.22. The molecular formula is C26H21BrN2O4S. The Labute approximate surface area is 206 Å². The third-order valence-electron chi connectivity index (χ3n) is 4.86. The van der Waals surface area contributed by atoms with Crippen molar-refractivity contribution in [3.63, 3.8) is 0 Å². The van der Waals surface area contributed by atoms with Crippen molar-refractivity contribution in [1.29, 1.82) is 0 Å². The summed E-state index contributed by atoms with van der Waals surface area (Å²) in [5, 5.41) is 2.75. The molecule has 0 heterocycles. The molecule has 0 unspecified atom stereocenters. The summed E-state index contributed by atoms with van der Waals surface area (Å²) in [5.74, 6) is 0.220. The van der Waals surface area contributed by atoms with Crippen molar-refractivity contribution >= 4 is 43.2 Å². The van der Waals surface area contributed by atoms with Gasteiger partial charge in [-0.15, -0.1) is 0 Å². The molecule has 4 rings (SSSR count). The second-order valence-electron chi connectivity index (χ2n) is 7.39. The van der Waals surface area contributed by atoms with Crippen LogP contribution in [-0.4, -0.2) is 14.3 Å². The minimum absolute atomic E-state index is 0.0136. The zero-order chi connectivity index (χ0) is 24.0. The molecule has 34 heavy (non-hydrogen) atoms. The van der Waals surface area contributed by atoms with Crippen LogP contribution in [0.1, 0.15) is 15.9 Å². The summed E-state index contributed by atoms with van der Waals surface area (Å²) in [6.45, 7) is 0.418. The molecule has 0 atom stereocenters. The molecule has 0 aliphatic rings. The van der Waals surface area contributed by atoms with E-state index in [9.17, 15) is 13.2 Å². The van der Waals surface area contributed by atoms with Gasteiger partial charge in [-0.1, -0.05) is 52.3 Å². The molecule has 1 amide bonds. The van der Waals surface area contributed by atoms with E-state index >= 15 is 0 Å². The molecule has 0 saturated heterocycles. The van der Waals surface area contributed by atoms with E-state index in [1.165, 1.54) is 18.2 Å². The van der Waals surface area contributed by atoms with Gasteiger partial charge >= 0.3 is 0 Å². The monoisotopic (exact) mass is 536 g/mol. The van der Waals surface area contributed by atoms with Crippen LogP contribution in [0, 0.1) is 0 Å². The van der Waals surface area contributed by atoms with Crippen LogP contribution in [-0.2, 0) is 16.6 Å². The summed E-state index contributed by atoms with van der Waals surface area (Å²) < 4.78 is 34.9. The zero-order valence-electron chi connectivity index (χ0n) is 17.9. The lowest BCUT2D eigenvalue weighted by Crippen LogP contribution is -2.16. The van der Waals surface area contributed by atoms with E-state index in [4.69, 9.17) is 4.74 Å². The Balaban J connectivity index is 1.41. The van der Waals surface area contributed by atoms with Crippen molar-refractivity contribution in [3.05, 3.63) is 119 Å². The number of carbonyl (C=O) groups is 1. The van der Waals surface area contributed by atoms with Gasteiger partial charge in [0.1, 0.15) is 12.4 Å². The number of hydrogen-bond donors (Lipinski definition) is 2. The van der Waals surface area contributed by atoms with Crippen molar-refractivity contribution in [1.82, 2.24) is 0 Å². The van der Waals surface area contributed by atoms with Gasteiger partial charge in [0.25, 0.3) is 15.9 Å². The summed E-state index contributed by atoms with van der Waals surface area (Å²) >= 11 is 3.34. The van der Waals surface area contributed by atoms with E-state index in [-0.39, 0.29) is 10.5 Å². The molecule has 0 aliphatic carbocycles. The van der Waals surface area contributed by atoms with Crippen LogP contribution in [0.25, 0.3) is 0 Å². The molecule has 6 nitrogen and oxygen atoms in total. The highest BCUT2D eigenvalue weighted by atomic mass is 79.9. The number of hydrogen-bond acceptors (Lipinski definition) is 4. The molecule has 4 aromatic rings. The number of nitrogens with one attached hydrogen (secondary N) is 2. The molecular weight excluding hydrogens is 516 g/mol. The topological polar surface area (TPSA) is 84.5 Å². The van der Waals surface area contributed by atoms with Crippen LogP contribution in [0.2, 0.25) is 0 Å². The molecule has 2 N–H and O–H groups in total. The molecule has 0 bridgehead atoms. The third-order valence-corrected chi connectivity index (χ3v) is 6.77. The molecule has 4 aromatic carbocycles. The minimum Gasteiger partial charge on any atom is -0.489 e. The second kappa shape index (κ2) is 10.5. The summed E-state index contributed by atoms with van der Waals surface area (Å²) in [5.41, 5.74) is 2.26. The Kier molecular flexibility index (Phi) is 7.30. The maximum atomic E-state index is 12.9. The average Bonchev–Trinajstić information content (AvgIpc) is 2.85. The van der Waals surface area contributed by atoms with E-state index in [1.807, 2.05) is 30.3 Å². The first-order valence-electron chi connectivity index (χ1n) is 10.4. The summed E-state index contributed by atoms with van der Waals surface area (Å²) in [6, 6.07) is 29.4. The maximum absolute atomic E-state index is 12.9. The number of ether oxygens (including phenoxy) is 1. The van der Waals surface area contributed by atoms with Crippen LogP contribution in [0.4, 0.5) is 11.4 Å². The summed E-state index contributed by atoms with van der Waals surface area (Å²) in [7, 11) is -3.89. The average molecular weight is 537 g/mol. The molecule has 0 radical (unpaired) electrons. The standard InChI is InChI=1S/C26H21BrN2O4S/c27-21-9-11-22(12-10-21)28-26(30)20-7-4-8-25(17-20)34(31,32)29-23-13-15-24(16-14-23)33-18-19-5-2-1-3-6-19/h1-17,29H,18H2,(H,28,30). The molecule has 8 heteroatoms. The van der Waals surface area contributed by atoms with Gasteiger partial charge in [-0.2, -0.15) is 0 Å². The molecule has 0 aromatic heterocycles. The minimum atomic E-state index is -3.89. The SMILES string of the molecule is O=C(Nc1ccc(Br)cc1)c1cccc(S(=O)(=O)Nc2ccc(OCc3ccccc3)cc2)c1. The predicted octanol–water partition coefficient (Wildman–Crippen LogP) is 6.08. The lowest BCUT2D eigenvalue weighted by Gasteiger charge is -2.11. The van der Waals surface area contributed by atoms with E-state index < -0.39 is 15.9 Å². The molecule has 0 saturated carbocycles. The largest absolute Gasteiger partial charge is 0.489 e. The number of halogens is 1. The number of anilines is 2. The molecule has 0 fully saturated rings. The van der Waals surface area contributed by atoms with E-state index in [0.717, 1.165) is 10.0 Å². The predicted molar refractivity (Wildman–Crippen MR) is 137 cm³/mol. The Morgan fingerprint density at radius 3 is 2.18 bits per heavy atom. The quantitative estimate of drug-likeness (QED) is 0.285. The van der Waals surface area contributed by atoms with Crippen LogP contribution >= 0.6 is 15.9 Å². The van der Waals surface area contributed by atoms with Crippen molar-refractivity contribution in [2.45, 2.75) is 11.5 Å². The van der Waals surface area contributed by atoms with E-state index in [1.54, 1.807) is 54.6 Å². The van der Waals surface area contributed by atoms with Gasteiger partial charge in [0, 0.05) is 21.4 Å². The number of carbonyl (C=O) groups excluding carboxylic acids is 1. The number of benzene rings is 4. The first kappa shape index (κ1) is 23.5. The number of rotatable bonds is 8. The maximum Gasteiger partial charge on any atom is 0.261 e. The number of sulfonamides is 1. The summed E-state index contributed by atoms with van der Waals surface area (Å²) in [6.07, 6.45) is 0. The molecule has 0 spiro atoms. The van der Waals surface area contributed by atoms with Gasteiger partial charge in [-0.25, -0.2) is 8.42 Å². The number of amides is 1. The van der Waals surface area contributed by atoms with Crippen molar-refractivity contribution < 1.29 is 17.9 Å². The van der Waals surface area contributed by atoms with Crippen LogP contribution in [0.3, 0.4) is 0 Å². The van der Waals surface area contributed by atoms with Gasteiger partial charge in [0.2, 0.25) is 0 Å². The highest BCUT2D eigenvalue weighted by Gasteiger charge is 2.17. The fourth-order valence-corrected chi connectivity index (χ4v) is 4.48. The zero-order valence-corrected chi connectivity index (χ0v) is 20.3. The lowest BCUT2D eigenvalue weighted by atomic mass is 10.2. The Bertz CT molecular complexity index is 1370. The first-order chi connectivity index (χ1) is 16.4. The summed E-state index contributed by atoms with van der Waals surface area (Å²) in [4.78, 5) is 12.6. The normalized spacial score (nSPS) is 11.0. The Morgan fingerprint density at radius 2 is 1.47 bits per heavy atom. The highest BCUT2D eigenvalue weighted by molar-refractivity contribution is 9.10. The van der Waals surface area contributed by atoms with Crippen LogP contribution in [0.5, 0.6) is 5.75 Å². The first-order valence-corrected chi connectivity index (χ1v) is 12.6. The van der Waals surface area contributed by atoms with Crippen molar-refractivity contribution in [2.75, 3.05) is 10.0 Å². The van der Waals surface area contributed by atoms with Crippen LogP contribution in [0.15, 0.2) is 112 Å². The fraction of sp³-hybridized carbons (Fsp3) is 0.0385. The van der Waals surface area contributed by atoms with Gasteiger partial charge in [-0.05, 0) is 72.3 Å². The van der Waals surface area contributed by atoms with Gasteiger partial charge < -0.3 is 10.1 Å². The van der Waals surface area contributed by atoms with Crippen LogP contribution < -0.4 is 14.8 Å². The Morgan fingerprint density at radius 1 is 0.794 bits per heavy atom. The van der Waals surface area contributed by atoms with Crippen molar-refractivity contribution in [3.8, 4) is 5.75 Å². The van der Waals surface area contributed by atoms with Gasteiger partial charge in [0.05, 0.1) is 4.90 Å². The third kappa shape index (κ3) is 6.24. The fourth-order valence-electron chi connectivity index (χ4n) is 3.12. The lowest BCUT2D eigenvalue weighted by molar-refractivity contribution is 0.102. The van der Waals surface area contributed by atoms with Gasteiger partial charge in [-0.3, -0.25) is 9.52 Å². The molecule has 0 aliphatic heterocycles. The second-order valence-corrected chi connectivity index (χ2v) is 9.99. The van der Waals surface area contributed by atoms with Crippen molar-refractivity contribution in [2.24, 2.45) is 0 Å². The molecule has 172 valence electrons. The Hall–Kier alpha value is -3.62. The van der Waals surface area contributed by atoms with E-state index in [2.05, 4.69) is 26.0 Å².